The fraction of sp³-hybridized carbons (Fsp3) is 0.632. The molecule has 0 spiro atoms. The van der Waals surface area contributed by atoms with Crippen molar-refractivity contribution < 1.29 is 4.74 Å². The van der Waals surface area contributed by atoms with E-state index in [0.717, 1.165) is 44.6 Å². The minimum absolute atomic E-state index is 0.0877. The van der Waals surface area contributed by atoms with Gasteiger partial charge in [0.1, 0.15) is 5.75 Å². The van der Waals surface area contributed by atoms with Crippen LogP contribution in [-0.2, 0) is 6.42 Å². The second-order valence-corrected chi connectivity index (χ2v) is 6.61. The Morgan fingerprint density at radius 2 is 2.09 bits per heavy atom. The number of fused-ring (bicyclic) bond motifs is 1. The molecule has 1 aromatic rings. The van der Waals surface area contributed by atoms with Crippen LogP contribution in [0.4, 0.5) is 5.69 Å². The summed E-state index contributed by atoms with van der Waals surface area (Å²) in [5.41, 5.74) is 2.81. The second-order valence-electron chi connectivity index (χ2n) is 6.61. The smallest absolute Gasteiger partial charge is 0.120 e. The summed E-state index contributed by atoms with van der Waals surface area (Å²) in [6.07, 6.45) is 5.62. The number of rotatable bonds is 4. The van der Waals surface area contributed by atoms with Gasteiger partial charge in [0, 0.05) is 37.4 Å². The molecule has 1 unspecified atom stereocenters. The van der Waals surface area contributed by atoms with Gasteiger partial charge in [0.15, 0.2) is 0 Å². The number of hydrogen-bond acceptors (Lipinski definition) is 4. The molecule has 3 rings (SSSR count). The first-order valence-corrected chi connectivity index (χ1v) is 8.84. The van der Waals surface area contributed by atoms with E-state index in [1.807, 2.05) is 0 Å². The SMILES string of the molecule is CCC(C#N)N1CCC(N2CCCc3ccc(OC)cc32)CC1. The molecule has 1 fully saturated rings. The summed E-state index contributed by atoms with van der Waals surface area (Å²) < 4.78 is 5.42. The number of anilines is 1. The number of nitrogens with zero attached hydrogens (tertiary/aromatic N) is 3. The van der Waals surface area contributed by atoms with Gasteiger partial charge in [-0.25, -0.2) is 0 Å². The van der Waals surface area contributed by atoms with Crippen molar-refractivity contribution in [3.05, 3.63) is 23.8 Å². The van der Waals surface area contributed by atoms with E-state index >= 15 is 0 Å². The maximum atomic E-state index is 9.26. The molecular weight excluding hydrogens is 286 g/mol. The number of ether oxygens (including phenoxy) is 1. The van der Waals surface area contributed by atoms with E-state index in [0.29, 0.717) is 6.04 Å². The second kappa shape index (κ2) is 7.23. The van der Waals surface area contributed by atoms with E-state index in [1.54, 1.807) is 7.11 Å². The van der Waals surface area contributed by atoms with Gasteiger partial charge in [-0.3, -0.25) is 4.90 Å². The zero-order valence-corrected chi connectivity index (χ0v) is 14.3. The lowest BCUT2D eigenvalue weighted by Crippen LogP contribution is -2.49. The van der Waals surface area contributed by atoms with E-state index in [-0.39, 0.29) is 6.04 Å². The van der Waals surface area contributed by atoms with Crippen LogP contribution in [0.1, 0.15) is 38.2 Å². The summed E-state index contributed by atoms with van der Waals surface area (Å²) in [6.45, 7) is 5.31. The van der Waals surface area contributed by atoms with E-state index < -0.39 is 0 Å². The van der Waals surface area contributed by atoms with Crippen LogP contribution in [0.25, 0.3) is 0 Å². The lowest BCUT2D eigenvalue weighted by atomic mass is 9.95. The minimum Gasteiger partial charge on any atom is -0.497 e. The first-order chi connectivity index (χ1) is 11.3. The number of hydrogen-bond donors (Lipinski definition) is 0. The Hall–Kier alpha value is -1.73. The third-order valence-corrected chi connectivity index (χ3v) is 5.36. The van der Waals surface area contributed by atoms with Gasteiger partial charge in [0.2, 0.25) is 0 Å². The molecular formula is C19H27N3O. The third-order valence-electron chi connectivity index (χ3n) is 5.36. The van der Waals surface area contributed by atoms with Gasteiger partial charge < -0.3 is 9.64 Å². The molecule has 2 heterocycles. The first kappa shape index (κ1) is 16.1. The van der Waals surface area contributed by atoms with Gasteiger partial charge in [0.05, 0.1) is 19.2 Å². The Balaban J connectivity index is 1.72. The van der Waals surface area contributed by atoms with Crippen LogP contribution < -0.4 is 9.64 Å². The van der Waals surface area contributed by atoms with Crippen LogP contribution >= 0.6 is 0 Å². The zero-order chi connectivity index (χ0) is 16.2. The Labute approximate surface area is 139 Å². The van der Waals surface area contributed by atoms with Crippen molar-refractivity contribution in [2.45, 2.75) is 51.1 Å². The van der Waals surface area contributed by atoms with E-state index in [4.69, 9.17) is 4.74 Å². The summed E-state index contributed by atoms with van der Waals surface area (Å²) in [4.78, 5) is 4.94. The van der Waals surface area contributed by atoms with Crippen molar-refractivity contribution in [2.75, 3.05) is 31.6 Å². The van der Waals surface area contributed by atoms with Crippen molar-refractivity contribution in [1.29, 1.82) is 5.26 Å². The molecule has 0 saturated carbocycles. The molecule has 0 amide bonds. The molecule has 0 N–H and O–H groups in total. The van der Waals surface area contributed by atoms with Gasteiger partial charge in [-0.1, -0.05) is 13.0 Å². The predicted octanol–water partition coefficient (Wildman–Crippen LogP) is 3.21. The zero-order valence-electron chi connectivity index (χ0n) is 14.3. The molecule has 2 aliphatic rings. The Kier molecular flexibility index (Phi) is 5.07. The van der Waals surface area contributed by atoms with Crippen molar-refractivity contribution in [3.63, 3.8) is 0 Å². The molecule has 124 valence electrons. The molecule has 1 atom stereocenters. The fourth-order valence-corrected chi connectivity index (χ4v) is 4.03. The van der Waals surface area contributed by atoms with E-state index in [1.165, 1.54) is 24.1 Å². The van der Waals surface area contributed by atoms with Crippen LogP contribution in [-0.4, -0.2) is 43.7 Å². The summed E-state index contributed by atoms with van der Waals surface area (Å²) >= 11 is 0. The number of methoxy groups -OCH3 is 1. The highest BCUT2D eigenvalue weighted by molar-refractivity contribution is 5.59. The van der Waals surface area contributed by atoms with Crippen LogP contribution in [0, 0.1) is 11.3 Å². The number of nitriles is 1. The fourth-order valence-electron chi connectivity index (χ4n) is 4.03. The maximum absolute atomic E-state index is 9.26. The molecule has 0 radical (unpaired) electrons. The number of benzene rings is 1. The molecule has 1 aromatic carbocycles. The monoisotopic (exact) mass is 313 g/mol. The van der Waals surface area contributed by atoms with Gasteiger partial charge >= 0.3 is 0 Å². The van der Waals surface area contributed by atoms with Crippen molar-refractivity contribution in [3.8, 4) is 11.8 Å². The Morgan fingerprint density at radius 1 is 1.30 bits per heavy atom. The summed E-state index contributed by atoms with van der Waals surface area (Å²) in [5, 5.41) is 9.26. The van der Waals surface area contributed by atoms with E-state index in [9.17, 15) is 5.26 Å². The topological polar surface area (TPSA) is 39.5 Å². The van der Waals surface area contributed by atoms with Crippen LogP contribution in [0.3, 0.4) is 0 Å². The minimum atomic E-state index is 0.0877. The van der Waals surface area contributed by atoms with Crippen LogP contribution in [0.15, 0.2) is 18.2 Å². The number of aryl methyl sites for hydroxylation is 1. The quantitative estimate of drug-likeness (QED) is 0.855. The number of likely N-dealkylation sites (tertiary alicyclic amines) is 1. The summed E-state index contributed by atoms with van der Waals surface area (Å²) in [7, 11) is 1.74. The predicted molar refractivity (Wildman–Crippen MR) is 92.9 cm³/mol. The molecule has 0 bridgehead atoms. The molecule has 4 nitrogen and oxygen atoms in total. The van der Waals surface area contributed by atoms with Crippen LogP contribution in [0.5, 0.6) is 5.75 Å². The molecule has 4 heteroatoms. The Bertz CT molecular complexity index is 572. The average molecular weight is 313 g/mol. The first-order valence-electron chi connectivity index (χ1n) is 8.84. The average Bonchev–Trinajstić information content (AvgIpc) is 2.62. The standard InChI is InChI=1S/C19H27N3O/c1-3-16(14-20)21-11-8-17(9-12-21)22-10-4-5-15-6-7-18(23-2)13-19(15)22/h6-7,13,16-17H,3-5,8-12H2,1-2H3. The van der Waals surface area contributed by atoms with Gasteiger partial charge in [-0.05, 0) is 43.7 Å². The molecule has 23 heavy (non-hydrogen) atoms. The van der Waals surface area contributed by atoms with Crippen molar-refractivity contribution >= 4 is 5.69 Å². The summed E-state index contributed by atoms with van der Waals surface area (Å²) in [5.74, 6) is 0.948. The molecule has 0 aromatic heterocycles. The summed E-state index contributed by atoms with van der Waals surface area (Å²) in [6, 6.07) is 9.61. The van der Waals surface area contributed by atoms with Gasteiger partial charge in [-0.2, -0.15) is 5.26 Å². The van der Waals surface area contributed by atoms with Gasteiger partial charge in [-0.15, -0.1) is 0 Å². The largest absolute Gasteiger partial charge is 0.497 e. The highest BCUT2D eigenvalue weighted by atomic mass is 16.5. The lowest BCUT2D eigenvalue weighted by Gasteiger charge is -2.43. The van der Waals surface area contributed by atoms with Crippen LogP contribution in [0.2, 0.25) is 0 Å². The van der Waals surface area contributed by atoms with Crippen molar-refractivity contribution in [2.24, 2.45) is 0 Å². The normalized spacial score (nSPS) is 20.7. The number of piperidine rings is 1. The highest BCUT2D eigenvalue weighted by Crippen LogP contribution is 2.34. The highest BCUT2D eigenvalue weighted by Gasteiger charge is 2.30. The lowest BCUT2D eigenvalue weighted by molar-refractivity contribution is 0.175. The Morgan fingerprint density at radius 3 is 2.74 bits per heavy atom. The third kappa shape index (κ3) is 3.30. The van der Waals surface area contributed by atoms with Gasteiger partial charge in [0.25, 0.3) is 0 Å². The van der Waals surface area contributed by atoms with E-state index in [2.05, 4.69) is 41.0 Å². The molecule has 2 aliphatic heterocycles. The van der Waals surface area contributed by atoms with Crippen molar-refractivity contribution in [1.82, 2.24) is 4.90 Å². The molecule has 1 saturated heterocycles. The maximum Gasteiger partial charge on any atom is 0.120 e. The molecule has 0 aliphatic carbocycles.